The summed E-state index contributed by atoms with van der Waals surface area (Å²) in [5, 5.41) is 5.82. The van der Waals surface area contributed by atoms with E-state index in [0.29, 0.717) is 39.0 Å². The molecule has 3 amide bonds. The van der Waals surface area contributed by atoms with E-state index in [1.54, 1.807) is 72.8 Å². The van der Waals surface area contributed by atoms with E-state index < -0.39 is 17.6 Å². The third-order valence-electron chi connectivity index (χ3n) is 6.15. The fourth-order valence-corrected chi connectivity index (χ4v) is 5.04. The lowest BCUT2D eigenvalue weighted by Gasteiger charge is -2.15. The number of anilines is 3. The predicted octanol–water partition coefficient (Wildman–Crippen LogP) is 6.08. The van der Waals surface area contributed by atoms with Crippen molar-refractivity contribution in [3.63, 3.8) is 0 Å². The number of nitrogens with zero attached hydrogens (tertiary/aromatic N) is 1. The SMILES string of the molecule is COc1ccc(C(=O)Nc2ccc(SC3=C(Nc4ccc(F)cc4)C(=O)N(c4ccccc4)C3=O)cc2)c(OC)c1. The Bertz CT molecular complexity index is 1640. The highest BCUT2D eigenvalue weighted by atomic mass is 32.2. The Morgan fingerprint density at radius 3 is 2.15 bits per heavy atom. The first-order valence-corrected chi connectivity index (χ1v) is 13.2. The normalized spacial score (nSPS) is 12.9. The number of amides is 3. The van der Waals surface area contributed by atoms with Gasteiger partial charge in [0, 0.05) is 22.3 Å². The van der Waals surface area contributed by atoms with Crippen molar-refractivity contribution in [2.24, 2.45) is 0 Å². The number of hydrogen-bond acceptors (Lipinski definition) is 7. The maximum Gasteiger partial charge on any atom is 0.283 e. The minimum Gasteiger partial charge on any atom is -0.497 e. The second kappa shape index (κ2) is 12.0. The van der Waals surface area contributed by atoms with Gasteiger partial charge in [-0.15, -0.1) is 0 Å². The van der Waals surface area contributed by atoms with Gasteiger partial charge < -0.3 is 20.1 Å². The van der Waals surface area contributed by atoms with Crippen molar-refractivity contribution in [1.82, 2.24) is 0 Å². The number of hydrogen-bond donors (Lipinski definition) is 2. The minimum absolute atomic E-state index is 0.0828. The first-order chi connectivity index (χ1) is 19.9. The molecule has 10 heteroatoms. The molecule has 0 radical (unpaired) electrons. The van der Waals surface area contributed by atoms with Crippen LogP contribution in [0.1, 0.15) is 10.4 Å². The van der Waals surface area contributed by atoms with Gasteiger partial charge in [-0.25, -0.2) is 9.29 Å². The molecule has 1 heterocycles. The number of halogens is 1. The Labute approximate surface area is 239 Å². The molecule has 0 spiro atoms. The number of para-hydroxylation sites is 1. The molecule has 2 N–H and O–H groups in total. The van der Waals surface area contributed by atoms with Gasteiger partial charge in [-0.1, -0.05) is 30.0 Å². The topological polar surface area (TPSA) is 97.0 Å². The van der Waals surface area contributed by atoms with Gasteiger partial charge in [0.25, 0.3) is 17.7 Å². The summed E-state index contributed by atoms with van der Waals surface area (Å²) in [5.41, 5.74) is 1.84. The van der Waals surface area contributed by atoms with Gasteiger partial charge in [-0.2, -0.15) is 0 Å². The molecule has 0 aromatic heterocycles. The highest BCUT2D eigenvalue weighted by Crippen LogP contribution is 2.38. The van der Waals surface area contributed by atoms with E-state index in [0.717, 1.165) is 16.7 Å². The predicted molar refractivity (Wildman–Crippen MR) is 156 cm³/mol. The van der Waals surface area contributed by atoms with Crippen LogP contribution >= 0.6 is 11.8 Å². The number of benzene rings is 4. The number of methoxy groups -OCH3 is 2. The summed E-state index contributed by atoms with van der Waals surface area (Å²) in [7, 11) is 3.00. The molecule has 0 bridgehead atoms. The number of ether oxygens (including phenoxy) is 2. The van der Waals surface area contributed by atoms with Crippen LogP contribution in [0.4, 0.5) is 21.5 Å². The highest BCUT2D eigenvalue weighted by molar-refractivity contribution is 8.04. The average molecular weight is 570 g/mol. The van der Waals surface area contributed by atoms with Crippen LogP contribution in [0.5, 0.6) is 11.5 Å². The maximum atomic E-state index is 13.5. The van der Waals surface area contributed by atoms with Gasteiger partial charge in [0.2, 0.25) is 0 Å². The van der Waals surface area contributed by atoms with E-state index >= 15 is 0 Å². The smallest absolute Gasteiger partial charge is 0.283 e. The third-order valence-corrected chi connectivity index (χ3v) is 7.25. The number of carbonyl (C=O) groups excluding carboxylic acids is 3. The monoisotopic (exact) mass is 569 g/mol. The number of carbonyl (C=O) groups is 3. The number of thioether (sulfide) groups is 1. The molecule has 4 aromatic carbocycles. The second-order valence-electron chi connectivity index (χ2n) is 8.76. The summed E-state index contributed by atoms with van der Waals surface area (Å²) >= 11 is 1.11. The molecule has 8 nitrogen and oxygen atoms in total. The molecule has 0 saturated carbocycles. The molecule has 0 saturated heterocycles. The van der Waals surface area contributed by atoms with Crippen LogP contribution in [0.25, 0.3) is 0 Å². The Kier molecular flexibility index (Phi) is 8.02. The summed E-state index contributed by atoms with van der Waals surface area (Å²) in [6.07, 6.45) is 0. The van der Waals surface area contributed by atoms with Gasteiger partial charge in [0.05, 0.1) is 25.5 Å². The van der Waals surface area contributed by atoms with Crippen LogP contribution in [0.2, 0.25) is 0 Å². The molecular formula is C31H24FN3O5S. The molecule has 0 unspecified atom stereocenters. The zero-order valence-corrected chi connectivity index (χ0v) is 22.8. The average Bonchev–Trinajstić information content (AvgIpc) is 3.22. The van der Waals surface area contributed by atoms with Crippen LogP contribution in [0.3, 0.4) is 0 Å². The van der Waals surface area contributed by atoms with Crippen molar-refractivity contribution in [3.8, 4) is 11.5 Å². The summed E-state index contributed by atoms with van der Waals surface area (Å²) in [6, 6.07) is 25.9. The van der Waals surface area contributed by atoms with Gasteiger partial charge >= 0.3 is 0 Å². The van der Waals surface area contributed by atoms with Crippen molar-refractivity contribution >= 4 is 46.5 Å². The van der Waals surface area contributed by atoms with E-state index in [-0.39, 0.29) is 16.5 Å². The Morgan fingerprint density at radius 1 is 0.805 bits per heavy atom. The highest BCUT2D eigenvalue weighted by Gasteiger charge is 2.40. The number of nitrogens with one attached hydrogen (secondary N) is 2. The summed E-state index contributed by atoms with van der Waals surface area (Å²) < 4.78 is 24.0. The fourth-order valence-electron chi connectivity index (χ4n) is 4.11. The largest absolute Gasteiger partial charge is 0.497 e. The molecule has 0 fully saturated rings. The van der Waals surface area contributed by atoms with E-state index in [9.17, 15) is 18.8 Å². The lowest BCUT2D eigenvalue weighted by molar-refractivity contribution is -0.120. The second-order valence-corrected chi connectivity index (χ2v) is 9.85. The van der Waals surface area contributed by atoms with E-state index in [1.165, 1.54) is 38.5 Å². The van der Waals surface area contributed by atoms with Crippen LogP contribution < -0.4 is 25.0 Å². The first-order valence-electron chi connectivity index (χ1n) is 12.4. The van der Waals surface area contributed by atoms with Crippen LogP contribution in [-0.4, -0.2) is 31.9 Å². The van der Waals surface area contributed by atoms with E-state index in [2.05, 4.69) is 10.6 Å². The van der Waals surface area contributed by atoms with Crippen molar-refractivity contribution in [3.05, 3.63) is 119 Å². The van der Waals surface area contributed by atoms with E-state index in [1.807, 2.05) is 0 Å². The molecule has 4 aromatic rings. The summed E-state index contributed by atoms with van der Waals surface area (Å²) in [6.45, 7) is 0. The quantitative estimate of drug-likeness (QED) is 0.236. The van der Waals surface area contributed by atoms with Crippen molar-refractivity contribution < 1.29 is 28.2 Å². The molecule has 0 atom stereocenters. The van der Waals surface area contributed by atoms with Gasteiger partial charge in [-0.3, -0.25) is 14.4 Å². The van der Waals surface area contributed by atoms with Crippen LogP contribution in [0, 0.1) is 5.82 Å². The first kappa shape index (κ1) is 27.5. The van der Waals surface area contributed by atoms with Crippen molar-refractivity contribution in [2.75, 3.05) is 29.8 Å². The Balaban J connectivity index is 1.38. The van der Waals surface area contributed by atoms with Crippen molar-refractivity contribution in [1.29, 1.82) is 0 Å². The maximum absolute atomic E-state index is 13.5. The summed E-state index contributed by atoms with van der Waals surface area (Å²) in [5.74, 6) is -0.863. The number of rotatable bonds is 9. The molecule has 0 aliphatic carbocycles. The lowest BCUT2D eigenvalue weighted by Crippen LogP contribution is -2.32. The third kappa shape index (κ3) is 5.92. The van der Waals surface area contributed by atoms with E-state index in [4.69, 9.17) is 9.47 Å². The standard InChI is InChI=1S/C31H24FN3O5S/c1-39-23-14-17-25(26(18-23)40-2)29(36)34-21-12-15-24(16-13-21)41-28-27(33-20-10-8-19(32)9-11-20)30(37)35(31(28)38)22-6-4-3-5-7-22/h3-18,33H,1-2H3,(H,34,36). The van der Waals surface area contributed by atoms with Crippen LogP contribution in [0.15, 0.2) is 113 Å². The number of imide groups is 1. The molecular weight excluding hydrogens is 545 g/mol. The Morgan fingerprint density at radius 2 is 1.49 bits per heavy atom. The molecule has 41 heavy (non-hydrogen) atoms. The fraction of sp³-hybridized carbons (Fsp3) is 0.0645. The van der Waals surface area contributed by atoms with Gasteiger partial charge in [-0.05, 0) is 72.8 Å². The van der Waals surface area contributed by atoms with Gasteiger partial charge in [0.15, 0.2) is 0 Å². The minimum atomic E-state index is -0.523. The molecule has 206 valence electrons. The zero-order chi connectivity index (χ0) is 28.9. The lowest BCUT2D eigenvalue weighted by atomic mass is 10.1. The Hall–Kier alpha value is -5.09. The molecule has 5 rings (SSSR count). The molecule has 1 aliphatic rings. The summed E-state index contributed by atoms with van der Waals surface area (Å²) in [4.78, 5) is 41.7. The zero-order valence-electron chi connectivity index (χ0n) is 22.0. The van der Waals surface area contributed by atoms with Crippen LogP contribution in [-0.2, 0) is 9.59 Å². The molecule has 1 aliphatic heterocycles. The van der Waals surface area contributed by atoms with Gasteiger partial charge in [0.1, 0.15) is 27.9 Å². The van der Waals surface area contributed by atoms with Crippen molar-refractivity contribution in [2.45, 2.75) is 4.90 Å².